The van der Waals surface area contributed by atoms with Crippen molar-refractivity contribution in [3.8, 4) is 0 Å². The summed E-state index contributed by atoms with van der Waals surface area (Å²) in [6.45, 7) is 2.72. The molecule has 1 aromatic carbocycles. The third-order valence-corrected chi connectivity index (χ3v) is 2.71. The third kappa shape index (κ3) is 3.68. The molecule has 0 aliphatic rings. The second kappa shape index (κ2) is 6.93. The van der Waals surface area contributed by atoms with Gasteiger partial charge in [-0.25, -0.2) is 0 Å². The molecule has 6 heteroatoms. The van der Waals surface area contributed by atoms with Crippen molar-refractivity contribution in [2.24, 2.45) is 0 Å². The minimum absolute atomic E-state index is 0.0892. The fourth-order valence-electron chi connectivity index (χ4n) is 1.63. The smallest absolute Gasteiger partial charge is 0.274 e. The maximum atomic E-state index is 10.8. The number of nitrogens with zero attached hydrogens (tertiary/aromatic N) is 1. The van der Waals surface area contributed by atoms with Crippen molar-refractivity contribution in [2.75, 3.05) is 32.7 Å². The number of nitro groups is 1. The van der Waals surface area contributed by atoms with Gasteiger partial charge in [0.25, 0.3) is 5.69 Å². The van der Waals surface area contributed by atoms with Crippen molar-refractivity contribution in [1.82, 2.24) is 0 Å². The summed E-state index contributed by atoms with van der Waals surface area (Å²) in [6, 6.07) is 4.96. The minimum atomic E-state index is -0.385. The van der Waals surface area contributed by atoms with Gasteiger partial charge in [0.2, 0.25) is 0 Å². The summed E-state index contributed by atoms with van der Waals surface area (Å²) in [7, 11) is 3.20. The molecule has 1 unspecified atom stereocenters. The lowest BCUT2D eigenvalue weighted by atomic mass is 10.1. The van der Waals surface area contributed by atoms with E-state index in [1.165, 1.54) is 6.07 Å². The van der Waals surface area contributed by atoms with Gasteiger partial charge < -0.3 is 14.8 Å². The zero-order valence-corrected chi connectivity index (χ0v) is 10.8. The molecule has 0 amide bonds. The molecular formula is C12H18N2O4. The quantitative estimate of drug-likeness (QED) is 0.595. The van der Waals surface area contributed by atoms with Gasteiger partial charge in [0.1, 0.15) is 0 Å². The van der Waals surface area contributed by atoms with Crippen LogP contribution in [0.5, 0.6) is 0 Å². The number of methoxy groups -OCH3 is 2. The maximum Gasteiger partial charge on any atom is 0.274 e. The third-order valence-electron chi connectivity index (χ3n) is 2.71. The van der Waals surface area contributed by atoms with Gasteiger partial charge in [0.15, 0.2) is 0 Å². The largest absolute Gasteiger partial charge is 0.382 e. The molecule has 6 nitrogen and oxygen atoms in total. The number of anilines is 1. The van der Waals surface area contributed by atoms with Crippen LogP contribution in [0.4, 0.5) is 11.4 Å². The number of ether oxygens (including phenoxy) is 2. The first-order valence-corrected chi connectivity index (χ1v) is 5.59. The van der Waals surface area contributed by atoms with E-state index in [1.807, 2.05) is 6.07 Å². The van der Waals surface area contributed by atoms with Crippen molar-refractivity contribution >= 4 is 11.4 Å². The van der Waals surface area contributed by atoms with E-state index in [2.05, 4.69) is 5.32 Å². The number of nitro benzene ring substituents is 1. The van der Waals surface area contributed by atoms with Crippen LogP contribution >= 0.6 is 0 Å². The molecule has 0 radical (unpaired) electrons. The van der Waals surface area contributed by atoms with Crippen LogP contribution in [-0.4, -0.2) is 38.4 Å². The Bertz CT molecular complexity index is 409. The van der Waals surface area contributed by atoms with E-state index in [1.54, 1.807) is 27.2 Å². The van der Waals surface area contributed by atoms with E-state index >= 15 is 0 Å². The number of hydrogen-bond acceptors (Lipinski definition) is 5. The van der Waals surface area contributed by atoms with Gasteiger partial charge in [-0.15, -0.1) is 0 Å². The molecule has 0 fully saturated rings. The molecule has 0 spiro atoms. The molecule has 1 aromatic rings. The molecule has 0 bridgehead atoms. The van der Waals surface area contributed by atoms with Crippen LogP contribution in [0.2, 0.25) is 0 Å². The number of benzene rings is 1. The standard InChI is InChI=1S/C12H18N2O4/c1-9-11(5-4-6-12(9)14(15)16)13-7-10(18-3)8-17-2/h4-6,10,13H,7-8H2,1-3H3. The summed E-state index contributed by atoms with van der Waals surface area (Å²) in [5.74, 6) is 0. The van der Waals surface area contributed by atoms with Crippen LogP contribution in [0.1, 0.15) is 5.56 Å². The van der Waals surface area contributed by atoms with E-state index in [-0.39, 0.29) is 16.7 Å². The fraction of sp³-hybridized carbons (Fsp3) is 0.500. The lowest BCUT2D eigenvalue weighted by Crippen LogP contribution is -2.26. The van der Waals surface area contributed by atoms with Crippen LogP contribution in [0, 0.1) is 17.0 Å². The van der Waals surface area contributed by atoms with E-state index in [0.29, 0.717) is 18.7 Å². The first kappa shape index (κ1) is 14.4. The highest BCUT2D eigenvalue weighted by Crippen LogP contribution is 2.24. The second-order valence-corrected chi connectivity index (χ2v) is 3.90. The zero-order valence-electron chi connectivity index (χ0n) is 10.8. The van der Waals surface area contributed by atoms with E-state index < -0.39 is 0 Å². The Labute approximate surface area is 106 Å². The number of rotatable bonds is 7. The predicted molar refractivity (Wildman–Crippen MR) is 69.0 cm³/mol. The predicted octanol–water partition coefficient (Wildman–Crippen LogP) is 1.98. The Balaban J connectivity index is 2.73. The van der Waals surface area contributed by atoms with Crippen LogP contribution < -0.4 is 5.32 Å². The van der Waals surface area contributed by atoms with Gasteiger partial charge in [-0.1, -0.05) is 6.07 Å². The number of nitrogens with one attached hydrogen (secondary N) is 1. The fourth-order valence-corrected chi connectivity index (χ4v) is 1.63. The molecule has 0 heterocycles. The maximum absolute atomic E-state index is 10.8. The summed E-state index contributed by atoms with van der Waals surface area (Å²) >= 11 is 0. The molecule has 1 atom stereocenters. The van der Waals surface area contributed by atoms with Gasteiger partial charge in [-0.2, -0.15) is 0 Å². The van der Waals surface area contributed by atoms with Gasteiger partial charge >= 0.3 is 0 Å². The average Bonchev–Trinajstić information content (AvgIpc) is 2.35. The monoisotopic (exact) mass is 254 g/mol. The van der Waals surface area contributed by atoms with Gasteiger partial charge in [-0.05, 0) is 13.0 Å². The molecule has 100 valence electrons. The van der Waals surface area contributed by atoms with E-state index in [0.717, 1.165) is 5.69 Å². The molecule has 1 N–H and O–H groups in total. The summed E-state index contributed by atoms with van der Waals surface area (Å²) < 4.78 is 10.2. The van der Waals surface area contributed by atoms with Crippen LogP contribution in [0.15, 0.2) is 18.2 Å². The Kier molecular flexibility index (Phi) is 5.54. The highest BCUT2D eigenvalue weighted by Gasteiger charge is 2.14. The molecule has 1 rings (SSSR count). The average molecular weight is 254 g/mol. The Hall–Kier alpha value is -1.66. The summed E-state index contributed by atoms with van der Waals surface area (Å²) in [5.41, 5.74) is 1.47. The molecular weight excluding hydrogens is 236 g/mol. The lowest BCUT2D eigenvalue weighted by molar-refractivity contribution is -0.385. The normalized spacial score (nSPS) is 12.2. The van der Waals surface area contributed by atoms with Crippen molar-refractivity contribution < 1.29 is 14.4 Å². The first-order valence-electron chi connectivity index (χ1n) is 5.59. The SMILES string of the molecule is COCC(CNc1cccc([N+](=O)[O-])c1C)OC. The van der Waals surface area contributed by atoms with Crippen LogP contribution in [0.3, 0.4) is 0 Å². The minimum Gasteiger partial charge on any atom is -0.382 e. The molecule has 0 saturated carbocycles. The summed E-state index contributed by atoms with van der Waals surface area (Å²) in [5, 5.41) is 13.9. The topological polar surface area (TPSA) is 73.6 Å². The molecule has 0 aromatic heterocycles. The molecule has 0 aliphatic carbocycles. The Morgan fingerprint density at radius 2 is 2.17 bits per heavy atom. The zero-order chi connectivity index (χ0) is 13.5. The van der Waals surface area contributed by atoms with Crippen molar-refractivity contribution in [3.05, 3.63) is 33.9 Å². The summed E-state index contributed by atoms with van der Waals surface area (Å²) in [6.07, 6.45) is -0.0892. The number of hydrogen-bond donors (Lipinski definition) is 1. The van der Waals surface area contributed by atoms with Crippen molar-refractivity contribution in [2.45, 2.75) is 13.0 Å². The lowest BCUT2D eigenvalue weighted by Gasteiger charge is -2.16. The van der Waals surface area contributed by atoms with Gasteiger partial charge in [0.05, 0.1) is 17.6 Å². The van der Waals surface area contributed by atoms with Crippen molar-refractivity contribution in [3.63, 3.8) is 0 Å². The van der Waals surface area contributed by atoms with Gasteiger partial charge in [-0.3, -0.25) is 10.1 Å². The van der Waals surface area contributed by atoms with Crippen LogP contribution in [-0.2, 0) is 9.47 Å². The molecule has 18 heavy (non-hydrogen) atoms. The molecule has 0 saturated heterocycles. The highest BCUT2D eigenvalue weighted by atomic mass is 16.6. The van der Waals surface area contributed by atoms with Gasteiger partial charge in [0, 0.05) is 38.1 Å². The summed E-state index contributed by atoms with van der Waals surface area (Å²) in [4.78, 5) is 10.4. The van der Waals surface area contributed by atoms with E-state index in [4.69, 9.17) is 9.47 Å². The van der Waals surface area contributed by atoms with Crippen LogP contribution in [0.25, 0.3) is 0 Å². The molecule has 0 aliphatic heterocycles. The van der Waals surface area contributed by atoms with E-state index in [9.17, 15) is 10.1 Å². The Morgan fingerprint density at radius 1 is 1.44 bits per heavy atom. The highest BCUT2D eigenvalue weighted by molar-refractivity contribution is 5.59. The first-order chi connectivity index (χ1) is 8.60. The van der Waals surface area contributed by atoms with Crippen molar-refractivity contribution in [1.29, 1.82) is 0 Å². The Morgan fingerprint density at radius 3 is 2.72 bits per heavy atom. The second-order valence-electron chi connectivity index (χ2n) is 3.90.